The third kappa shape index (κ3) is 3.97. The van der Waals surface area contributed by atoms with Gasteiger partial charge in [0, 0.05) is 12.3 Å². The number of alkyl halides is 3. The average Bonchev–Trinajstić information content (AvgIpc) is 3.01. The standard InChI is InChI=1S/C13H17F3N2O4S/c14-13(15,16)7(6-23-11(22)12(17)3-4-12)9(19)18-5-1-2-8(18)10(20)21/h7-8H,1-6,17H2,(H,20,21)/t7?,8-/m0/s1. The molecule has 0 radical (unpaired) electrons. The van der Waals surface area contributed by atoms with E-state index in [0.717, 1.165) is 4.90 Å². The molecule has 2 fully saturated rings. The fourth-order valence-corrected chi connectivity index (χ4v) is 3.58. The van der Waals surface area contributed by atoms with Crippen LogP contribution in [-0.2, 0) is 14.4 Å². The molecule has 23 heavy (non-hydrogen) atoms. The summed E-state index contributed by atoms with van der Waals surface area (Å²) in [5, 5.41) is 8.44. The van der Waals surface area contributed by atoms with Crippen molar-refractivity contribution in [2.75, 3.05) is 12.3 Å². The van der Waals surface area contributed by atoms with Gasteiger partial charge in [0.1, 0.15) is 12.0 Å². The van der Waals surface area contributed by atoms with E-state index in [2.05, 4.69) is 0 Å². The van der Waals surface area contributed by atoms with Gasteiger partial charge < -0.3 is 15.7 Å². The number of rotatable bonds is 5. The monoisotopic (exact) mass is 354 g/mol. The van der Waals surface area contributed by atoms with Gasteiger partial charge in [-0.05, 0) is 25.7 Å². The number of carboxylic acids is 1. The minimum absolute atomic E-state index is 0.0260. The fourth-order valence-electron chi connectivity index (χ4n) is 2.43. The number of hydrogen-bond acceptors (Lipinski definition) is 5. The number of aliphatic carboxylic acids is 1. The van der Waals surface area contributed by atoms with Crippen LogP contribution in [0.4, 0.5) is 13.2 Å². The van der Waals surface area contributed by atoms with E-state index in [9.17, 15) is 27.6 Å². The van der Waals surface area contributed by atoms with Crippen LogP contribution in [0.15, 0.2) is 0 Å². The highest BCUT2D eigenvalue weighted by atomic mass is 32.2. The molecule has 0 aromatic heterocycles. The molecule has 1 amide bonds. The molecule has 6 nitrogen and oxygen atoms in total. The summed E-state index contributed by atoms with van der Waals surface area (Å²) in [4.78, 5) is 35.7. The Morgan fingerprint density at radius 3 is 2.43 bits per heavy atom. The molecular formula is C13H17F3N2O4S. The molecule has 3 N–H and O–H groups in total. The first-order valence-electron chi connectivity index (χ1n) is 7.12. The molecular weight excluding hydrogens is 337 g/mol. The zero-order valence-corrected chi connectivity index (χ0v) is 13.0. The van der Waals surface area contributed by atoms with Gasteiger partial charge in [-0.15, -0.1) is 0 Å². The van der Waals surface area contributed by atoms with E-state index in [4.69, 9.17) is 10.8 Å². The van der Waals surface area contributed by atoms with Gasteiger partial charge in [0.05, 0.1) is 5.54 Å². The summed E-state index contributed by atoms with van der Waals surface area (Å²) in [6.07, 6.45) is -3.52. The van der Waals surface area contributed by atoms with Gasteiger partial charge in [-0.3, -0.25) is 9.59 Å². The van der Waals surface area contributed by atoms with Gasteiger partial charge in [0.15, 0.2) is 0 Å². The predicted octanol–water partition coefficient (Wildman–Crippen LogP) is 0.992. The Bertz CT molecular complexity index is 522. The third-order valence-electron chi connectivity index (χ3n) is 4.09. The molecule has 0 bridgehead atoms. The Labute approximate surface area is 134 Å². The van der Waals surface area contributed by atoms with E-state index in [0.29, 0.717) is 31.0 Å². The molecule has 1 aliphatic heterocycles. The summed E-state index contributed by atoms with van der Waals surface area (Å²) in [5.74, 6) is -5.79. The maximum atomic E-state index is 13.2. The van der Waals surface area contributed by atoms with E-state index < -0.39 is 46.4 Å². The van der Waals surface area contributed by atoms with Crippen molar-refractivity contribution in [1.29, 1.82) is 0 Å². The van der Waals surface area contributed by atoms with Gasteiger partial charge in [-0.2, -0.15) is 13.2 Å². The highest BCUT2D eigenvalue weighted by Gasteiger charge is 2.51. The quantitative estimate of drug-likeness (QED) is 0.764. The normalized spacial score (nSPS) is 24.3. The number of amides is 1. The second-order valence-corrected chi connectivity index (χ2v) is 6.87. The van der Waals surface area contributed by atoms with Crippen molar-refractivity contribution in [2.45, 2.75) is 43.4 Å². The number of likely N-dealkylation sites (tertiary alicyclic amines) is 1. The Hall–Kier alpha value is -1.29. The number of nitrogens with zero attached hydrogens (tertiary/aromatic N) is 1. The van der Waals surface area contributed by atoms with Crippen molar-refractivity contribution in [3.63, 3.8) is 0 Å². The van der Waals surface area contributed by atoms with Crippen molar-refractivity contribution in [2.24, 2.45) is 11.7 Å². The summed E-state index contributed by atoms with van der Waals surface area (Å²) >= 11 is 0.399. The second-order valence-electron chi connectivity index (χ2n) is 5.88. The van der Waals surface area contributed by atoms with Crippen LogP contribution < -0.4 is 5.73 Å². The smallest absolute Gasteiger partial charge is 0.401 e. The first-order valence-corrected chi connectivity index (χ1v) is 8.11. The van der Waals surface area contributed by atoms with Crippen LogP contribution >= 0.6 is 11.8 Å². The lowest BCUT2D eigenvalue weighted by atomic mass is 10.1. The van der Waals surface area contributed by atoms with E-state index >= 15 is 0 Å². The maximum absolute atomic E-state index is 13.2. The second kappa shape index (κ2) is 6.31. The van der Waals surface area contributed by atoms with Crippen LogP contribution in [-0.4, -0.2) is 57.1 Å². The van der Waals surface area contributed by atoms with E-state index in [1.54, 1.807) is 0 Å². The summed E-state index contributed by atoms with van der Waals surface area (Å²) in [5.41, 5.74) is 4.55. The van der Waals surface area contributed by atoms with Crippen molar-refractivity contribution < 1.29 is 32.7 Å². The molecule has 1 saturated carbocycles. The Kier molecular flexibility index (Phi) is 4.95. The first kappa shape index (κ1) is 18.1. The number of thioether (sulfide) groups is 1. The van der Waals surface area contributed by atoms with Crippen LogP contribution in [0.3, 0.4) is 0 Å². The molecule has 130 valence electrons. The molecule has 0 aromatic carbocycles. The first-order chi connectivity index (χ1) is 10.6. The molecule has 2 atom stereocenters. The van der Waals surface area contributed by atoms with Crippen molar-refractivity contribution in [1.82, 2.24) is 4.90 Å². The highest BCUT2D eigenvalue weighted by molar-refractivity contribution is 8.13. The average molecular weight is 354 g/mol. The van der Waals surface area contributed by atoms with Crippen LogP contribution in [0.1, 0.15) is 25.7 Å². The van der Waals surface area contributed by atoms with Gasteiger partial charge in [-0.25, -0.2) is 4.79 Å². The van der Waals surface area contributed by atoms with E-state index in [1.165, 1.54) is 0 Å². The fraction of sp³-hybridized carbons (Fsp3) is 0.769. The lowest BCUT2D eigenvalue weighted by molar-refractivity contribution is -0.186. The Morgan fingerprint density at radius 1 is 1.35 bits per heavy atom. The summed E-state index contributed by atoms with van der Waals surface area (Å²) in [7, 11) is 0. The number of nitrogens with two attached hydrogens (primary N) is 1. The third-order valence-corrected chi connectivity index (χ3v) is 5.26. The molecule has 0 aromatic rings. The zero-order chi connectivity index (χ0) is 17.4. The van der Waals surface area contributed by atoms with Crippen molar-refractivity contribution in [3.05, 3.63) is 0 Å². The van der Waals surface area contributed by atoms with Crippen molar-refractivity contribution in [3.8, 4) is 0 Å². The van der Waals surface area contributed by atoms with Crippen molar-refractivity contribution >= 4 is 28.8 Å². The number of halogens is 3. The van der Waals surface area contributed by atoms with Gasteiger partial charge in [-0.1, -0.05) is 11.8 Å². The van der Waals surface area contributed by atoms with Crippen LogP contribution in [0, 0.1) is 5.92 Å². The number of carbonyl (C=O) groups is 3. The summed E-state index contributed by atoms with van der Waals surface area (Å²) < 4.78 is 39.5. The van der Waals surface area contributed by atoms with Crippen LogP contribution in [0.2, 0.25) is 0 Å². The lowest BCUT2D eigenvalue weighted by Crippen LogP contribution is -2.48. The molecule has 0 spiro atoms. The van der Waals surface area contributed by atoms with Crippen LogP contribution in [0.25, 0.3) is 0 Å². The largest absolute Gasteiger partial charge is 0.480 e. The van der Waals surface area contributed by atoms with Gasteiger partial charge in [0.25, 0.3) is 0 Å². The SMILES string of the molecule is NC1(C(=O)SCC(C(=O)N2CCC[C@H]2C(=O)O)C(F)(F)F)CC1. The molecule has 1 heterocycles. The predicted molar refractivity (Wildman–Crippen MR) is 75.5 cm³/mol. The van der Waals surface area contributed by atoms with E-state index in [-0.39, 0.29) is 13.0 Å². The van der Waals surface area contributed by atoms with Gasteiger partial charge >= 0.3 is 12.1 Å². The Morgan fingerprint density at radius 2 is 1.96 bits per heavy atom. The summed E-state index contributed by atoms with van der Waals surface area (Å²) in [6, 6.07) is -1.24. The number of hydrogen-bond donors (Lipinski definition) is 2. The lowest BCUT2D eigenvalue weighted by Gasteiger charge is -2.27. The molecule has 2 aliphatic rings. The molecule has 2 rings (SSSR count). The maximum Gasteiger partial charge on any atom is 0.401 e. The molecule has 1 aliphatic carbocycles. The molecule has 10 heteroatoms. The Balaban J connectivity index is 2.07. The zero-order valence-electron chi connectivity index (χ0n) is 12.1. The van der Waals surface area contributed by atoms with Crippen LogP contribution in [0.5, 0.6) is 0 Å². The summed E-state index contributed by atoms with van der Waals surface area (Å²) in [6.45, 7) is -0.0260. The highest BCUT2D eigenvalue weighted by Crippen LogP contribution is 2.39. The van der Waals surface area contributed by atoms with Gasteiger partial charge in [0.2, 0.25) is 11.0 Å². The minimum atomic E-state index is -4.85. The molecule has 1 unspecified atom stereocenters. The topological polar surface area (TPSA) is 101 Å². The number of carboxylic acid groups (broad SMARTS) is 1. The van der Waals surface area contributed by atoms with E-state index in [1.807, 2.05) is 0 Å². The molecule has 1 saturated heterocycles. The minimum Gasteiger partial charge on any atom is -0.480 e. The number of carbonyl (C=O) groups excluding carboxylic acids is 2.